The number of amides is 1. The van der Waals surface area contributed by atoms with Gasteiger partial charge in [0.15, 0.2) is 0 Å². The van der Waals surface area contributed by atoms with E-state index in [0.29, 0.717) is 16.3 Å². The molecule has 0 saturated heterocycles. The highest BCUT2D eigenvalue weighted by atomic mass is 32.1. The third kappa shape index (κ3) is 4.60. The van der Waals surface area contributed by atoms with Crippen molar-refractivity contribution in [2.45, 2.75) is 20.8 Å². The molecule has 5 nitrogen and oxygen atoms in total. The highest BCUT2D eigenvalue weighted by molar-refractivity contribution is 7.17. The van der Waals surface area contributed by atoms with Crippen molar-refractivity contribution in [3.05, 3.63) is 75.7 Å². The molecule has 0 aliphatic rings. The average molecular weight is 421 g/mol. The molecule has 0 unspecified atom stereocenters. The Morgan fingerprint density at radius 3 is 2.37 bits per heavy atom. The van der Waals surface area contributed by atoms with Gasteiger partial charge in [-0.1, -0.05) is 30.3 Å². The number of nitrogens with one attached hydrogen (secondary N) is 1. The lowest BCUT2D eigenvalue weighted by Crippen LogP contribution is -2.11. The fourth-order valence-electron chi connectivity index (χ4n) is 3.11. The molecule has 0 fully saturated rings. The first kappa shape index (κ1) is 21.3. The number of rotatable bonds is 5. The van der Waals surface area contributed by atoms with Crippen LogP contribution in [0.4, 0.5) is 10.7 Å². The minimum atomic E-state index is -0.481. The molecule has 0 saturated carbocycles. The lowest BCUT2D eigenvalue weighted by atomic mass is 9.97. The molecule has 1 heterocycles. The first-order valence-corrected chi connectivity index (χ1v) is 10.3. The number of carbonyl (C=O) groups is 2. The van der Waals surface area contributed by atoms with Gasteiger partial charge < -0.3 is 15.8 Å². The monoisotopic (exact) mass is 420 g/mol. The molecular weight excluding hydrogens is 396 g/mol. The van der Waals surface area contributed by atoms with Gasteiger partial charge in [0.1, 0.15) is 10.6 Å². The van der Waals surface area contributed by atoms with E-state index in [4.69, 9.17) is 10.5 Å². The van der Waals surface area contributed by atoms with E-state index in [1.807, 2.05) is 51.1 Å². The Labute approximate surface area is 180 Å². The summed E-state index contributed by atoms with van der Waals surface area (Å²) in [5, 5.41) is 3.30. The van der Waals surface area contributed by atoms with E-state index in [1.165, 1.54) is 30.1 Å². The van der Waals surface area contributed by atoms with Crippen molar-refractivity contribution >= 4 is 40.0 Å². The summed E-state index contributed by atoms with van der Waals surface area (Å²) < 4.78 is 5.02. The minimum absolute atomic E-state index is 0.329. The normalized spacial score (nSPS) is 10.9. The molecule has 0 aliphatic heterocycles. The van der Waals surface area contributed by atoms with Crippen LogP contribution in [0.15, 0.2) is 48.5 Å². The Morgan fingerprint density at radius 1 is 1.03 bits per heavy atom. The maximum Gasteiger partial charge on any atom is 0.341 e. The second-order valence-corrected chi connectivity index (χ2v) is 8.24. The number of methoxy groups -OCH3 is 1. The number of hydrogen-bond acceptors (Lipinski definition) is 5. The summed E-state index contributed by atoms with van der Waals surface area (Å²) in [4.78, 5) is 26.0. The third-order valence-electron chi connectivity index (χ3n) is 4.87. The standard InChI is InChI=1S/C24H24N2O3S/c1-14-5-9-18(13-15(14)2)21-16(3)30-23(22(21)24(28)29-4)26-20(27)12-8-17-6-10-19(25)11-7-17/h5-13H,25H2,1-4H3,(H,26,27)/b12-8+. The molecule has 30 heavy (non-hydrogen) atoms. The molecule has 2 aromatic carbocycles. The van der Waals surface area contributed by atoms with Gasteiger partial charge in [-0.2, -0.15) is 0 Å². The van der Waals surface area contributed by atoms with Gasteiger partial charge in [-0.25, -0.2) is 4.79 Å². The smallest absolute Gasteiger partial charge is 0.341 e. The molecule has 0 atom stereocenters. The Morgan fingerprint density at radius 2 is 1.73 bits per heavy atom. The van der Waals surface area contributed by atoms with Gasteiger partial charge >= 0.3 is 5.97 Å². The van der Waals surface area contributed by atoms with Crippen molar-refractivity contribution in [2.24, 2.45) is 0 Å². The number of thiophene rings is 1. The number of esters is 1. The van der Waals surface area contributed by atoms with Crippen molar-refractivity contribution < 1.29 is 14.3 Å². The van der Waals surface area contributed by atoms with Gasteiger partial charge in [0.2, 0.25) is 5.91 Å². The number of nitrogens with two attached hydrogens (primary N) is 1. The number of hydrogen-bond donors (Lipinski definition) is 2. The zero-order valence-electron chi connectivity index (χ0n) is 17.4. The van der Waals surface area contributed by atoms with Crippen molar-refractivity contribution in [2.75, 3.05) is 18.2 Å². The Balaban J connectivity index is 1.94. The number of anilines is 2. The molecule has 3 rings (SSSR count). The highest BCUT2D eigenvalue weighted by Crippen LogP contribution is 2.40. The average Bonchev–Trinajstić information content (AvgIpc) is 3.04. The second-order valence-electron chi connectivity index (χ2n) is 7.02. The summed E-state index contributed by atoms with van der Waals surface area (Å²) >= 11 is 1.36. The molecule has 154 valence electrons. The molecule has 3 N–H and O–H groups in total. The SMILES string of the molecule is COC(=O)c1c(NC(=O)/C=C/c2ccc(N)cc2)sc(C)c1-c1ccc(C)c(C)c1. The van der Waals surface area contributed by atoms with Crippen LogP contribution in [-0.4, -0.2) is 19.0 Å². The molecule has 0 spiro atoms. The van der Waals surface area contributed by atoms with Crippen molar-refractivity contribution in [3.63, 3.8) is 0 Å². The van der Waals surface area contributed by atoms with E-state index < -0.39 is 5.97 Å². The zero-order chi connectivity index (χ0) is 21.8. The van der Waals surface area contributed by atoms with Gasteiger partial charge in [-0.15, -0.1) is 11.3 Å². The van der Waals surface area contributed by atoms with Crippen LogP contribution in [0, 0.1) is 20.8 Å². The van der Waals surface area contributed by atoms with Crippen LogP contribution in [-0.2, 0) is 9.53 Å². The highest BCUT2D eigenvalue weighted by Gasteiger charge is 2.25. The van der Waals surface area contributed by atoms with Gasteiger partial charge in [0.25, 0.3) is 0 Å². The number of benzene rings is 2. The zero-order valence-corrected chi connectivity index (χ0v) is 18.2. The predicted octanol–water partition coefficient (Wildman–Crippen LogP) is 5.36. The van der Waals surface area contributed by atoms with E-state index in [0.717, 1.165) is 27.1 Å². The van der Waals surface area contributed by atoms with Crippen LogP contribution in [0.3, 0.4) is 0 Å². The largest absolute Gasteiger partial charge is 0.465 e. The second kappa shape index (κ2) is 8.97. The summed E-state index contributed by atoms with van der Waals surface area (Å²) in [6, 6.07) is 13.2. The number of carbonyl (C=O) groups excluding carboxylic acids is 2. The minimum Gasteiger partial charge on any atom is -0.465 e. The first-order valence-electron chi connectivity index (χ1n) is 9.44. The summed E-state index contributed by atoms with van der Waals surface area (Å²) in [6.07, 6.45) is 3.12. The lowest BCUT2D eigenvalue weighted by Gasteiger charge is -2.09. The molecule has 1 aromatic heterocycles. The quantitative estimate of drug-likeness (QED) is 0.331. The van der Waals surface area contributed by atoms with Crippen LogP contribution in [0.5, 0.6) is 0 Å². The van der Waals surface area contributed by atoms with Gasteiger partial charge in [-0.3, -0.25) is 4.79 Å². The van der Waals surface area contributed by atoms with Crippen LogP contribution in [0.25, 0.3) is 17.2 Å². The van der Waals surface area contributed by atoms with Crippen LogP contribution >= 0.6 is 11.3 Å². The van der Waals surface area contributed by atoms with E-state index in [-0.39, 0.29) is 5.91 Å². The summed E-state index contributed by atoms with van der Waals surface area (Å²) in [6.45, 7) is 6.00. The fraction of sp³-hybridized carbons (Fsp3) is 0.167. The van der Waals surface area contributed by atoms with Gasteiger partial charge in [0.05, 0.1) is 7.11 Å². The molecular formula is C24H24N2O3S. The molecule has 0 bridgehead atoms. The first-order chi connectivity index (χ1) is 14.3. The van der Waals surface area contributed by atoms with Gasteiger partial charge in [0, 0.05) is 22.2 Å². The maximum absolute atomic E-state index is 12.6. The fourth-order valence-corrected chi connectivity index (χ4v) is 4.17. The molecule has 0 radical (unpaired) electrons. The molecule has 0 aliphatic carbocycles. The molecule has 6 heteroatoms. The van der Waals surface area contributed by atoms with E-state index in [9.17, 15) is 9.59 Å². The van der Waals surface area contributed by atoms with Crippen LogP contribution in [0.2, 0.25) is 0 Å². The van der Waals surface area contributed by atoms with Crippen molar-refractivity contribution in [1.82, 2.24) is 0 Å². The van der Waals surface area contributed by atoms with Crippen LogP contribution < -0.4 is 11.1 Å². The lowest BCUT2D eigenvalue weighted by molar-refractivity contribution is -0.111. The maximum atomic E-state index is 12.6. The number of aryl methyl sites for hydroxylation is 3. The Hall–Kier alpha value is -3.38. The third-order valence-corrected chi connectivity index (χ3v) is 5.89. The Bertz CT molecular complexity index is 1130. The number of nitrogen functional groups attached to an aromatic ring is 1. The van der Waals surface area contributed by atoms with Crippen LogP contribution in [0.1, 0.15) is 31.9 Å². The topological polar surface area (TPSA) is 81.4 Å². The molecule has 3 aromatic rings. The Kier molecular flexibility index (Phi) is 6.37. The van der Waals surface area contributed by atoms with E-state index >= 15 is 0 Å². The van der Waals surface area contributed by atoms with Gasteiger partial charge in [-0.05, 0) is 61.2 Å². The molecule has 1 amide bonds. The van der Waals surface area contributed by atoms with E-state index in [1.54, 1.807) is 18.2 Å². The number of ether oxygens (including phenoxy) is 1. The van der Waals surface area contributed by atoms with Crippen molar-refractivity contribution in [1.29, 1.82) is 0 Å². The predicted molar refractivity (Wildman–Crippen MR) is 124 cm³/mol. The van der Waals surface area contributed by atoms with Crippen molar-refractivity contribution in [3.8, 4) is 11.1 Å². The summed E-state index contributed by atoms with van der Waals surface area (Å²) in [5.41, 5.74) is 11.6. The summed E-state index contributed by atoms with van der Waals surface area (Å²) in [5.74, 6) is -0.810. The van der Waals surface area contributed by atoms with E-state index in [2.05, 4.69) is 5.32 Å². The summed E-state index contributed by atoms with van der Waals surface area (Å²) in [7, 11) is 1.34.